The van der Waals surface area contributed by atoms with Crippen LogP contribution in [0.2, 0.25) is 0 Å². The molecule has 2 aromatic carbocycles. The molecule has 0 saturated carbocycles. The highest BCUT2D eigenvalue weighted by Crippen LogP contribution is 2.25. The number of rotatable bonds is 9. The molecule has 0 bridgehead atoms. The minimum Gasteiger partial charge on any atom is -0.494 e. The highest BCUT2D eigenvalue weighted by molar-refractivity contribution is 5.68. The molecule has 0 radical (unpaired) electrons. The van der Waals surface area contributed by atoms with Crippen LogP contribution in [0.1, 0.15) is 45.4 Å². The third-order valence-electron chi connectivity index (χ3n) is 4.37. The van der Waals surface area contributed by atoms with E-state index >= 15 is 0 Å². The van der Waals surface area contributed by atoms with Crippen molar-refractivity contribution in [1.82, 2.24) is 10.1 Å². The van der Waals surface area contributed by atoms with Crippen molar-refractivity contribution in [2.45, 2.75) is 46.0 Å². The third-order valence-corrected chi connectivity index (χ3v) is 4.37. The van der Waals surface area contributed by atoms with E-state index in [-0.39, 0.29) is 0 Å². The molecule has 136 valence electrons. The summed E-state index contributed by atoms with van der Waals surface area (Å²) in [6, 6.07) is 16.5. The molecule has 0 atom stereocenters. The van der Waals surface area contributed by atoms with Gasteiger partial charge in [0.15, 0.2) is 0 Å². The number of unbranched alkanes of at least 4 members (excludes halogenated alkanes) is 3. The summed E-state index contributed by atoms with van der Waals surface area (Å²) >= 11 is 0. The Balaban J connectivity index is 1.60. The van der Waals surface area contributed by atoms with Crippen molar-refractivity contribution in [3.63, 3.8) is 0 Å². The molecule has 0 saturated heterocycles. The van der Waals surface area contributed by atoms with E-state index in [1.807, 2.05) is 31.2 Å². The van der Waals surface area contributed by atoms with E-state index in [4.69, 9.17) is 9.26 Å². The van der Waals surface area contributed by atoms with Crippen LogP contribution >= 0.6 is 0 Å². The molecule has 0 aliphatic rings. The highest BCUT2D eigenvalue weighted by Gasteiger charge is 2.07. The molecule has 0 aliphatic heterocycles. The molecule has 0 spiro atoms. The molecule has 3 rings (SSSR count). The summed E-state index contributed by atoms with van der Waals surface area (Å²) in [6.07, 6.45) is 5.63. The number of nitrogens with zero attached hydrogens (tertiary/aromatic N) is 2. The average Bonchev–Trinajstić information content (AvgIpc) is 3.18. The number of aryl methyl sites for hydroxylation is 1. The predicted octanol–water partition coefficient (Wildman–Crippen LogP) is 5.93. The van der Waals surface area contributed by atoms with Gasteiger partial charge in [-0.1, -0.05) is 74.7 Å². The Morgan fingerprint density at radius 3 is 2.08 bits per heavy atom. The van der Waals surface area contributed by atoms with Gasteiger partial charge in [-0.25, -0.2) is 0 Å². The fourth-order valence-electron chi connectivity index (χ4n) is 2.79. The van der Waals surface area contributed by atoms with Gasteiger partial charge in [-0.2, -0.15) is 4.98 Å². The van der Waals surface area contributed by atoms with Gasteiger partial charge in [0, 0.05) is 12.0 Å². The minimum absolute atomic E-state index is 0.639. The molecule has 0 N–H and O–H groups in total. The Hall–Kier alpha value is -2.62. The van der Waals surface area contributed by atoms with E-state index in [0.717, 1.165) is 41.9 Å². The van der Waals surface area contributed by atoms with Gasteiger partial charge in [-0.3, -0.25) is 0 Å². The van der Waals surface area contributed by atoms with Crippen LogP contribution in [0, 0.1) is 0 Å². The molecule has 0 fully saturated rings. The Morgan fingerprint density at radius 1 is 0.808 bits per heavy atom. The first-order chi connectivity index (χ1) is 12.8. The van der Waals surface area contributed by atoms with Gasteiger partial charge >= 0.3 is 0 Å². The van der Waals surface area contributed by atoms with Crippen molar-refractivity contribution in [2.24, 2.45) is 0 Å². The molecule has 1 heterocycles. The van der Waals surface area contributed by atoms with Crippen molar-refractivity contribution in [3.05, 3.63) is 54.4 Å². The first-order valence-corrected chi connectivity index (χ1v) is 9.46. The predicted molar refractivity (Wildman–Crippen MR) is 104 cm³/mol. The van der Waals surface area contributed by atoms with Crippen LogP contribution in [0.5, 0.6) is 5.75 Å². The number of ether oxygens (including phenoxy) is 1. The monoisotopic (exact) mass is 350 g/mol. The van der Waals surface area contributed by atoms with Gasteiger partial charge in [-0.15, -0.1) is 0 Å². The van der Waals surface area contributed by atoms with Gasteiger partial charge in [-0.05, 0) is 29.7 Å². The fraction of sp³-hybridized carbons (Fsp3) is 0.364. The molecule has 3 aromatic rings. The Labute approximate surface area is 155 Å². The average molecular weight is 350 g/mol. The lowest BCUT2D eigenvalue weighted by Crippen LogP contribution is -1.96. The van der Waals surface area contributed by atoms with Crippen LogP contribution in [0.4, 0.5) is 0 Å². The summed E-state index contributed by atoms with van der Waals surface area (Å²) < 4.78 is 11.0. The number of aromatic nitrogens is 2. The second-order valence-electron chi connectivity index (χ2n) is 6.38. The zero-order valence-electron chi connectivity index (χ0n) is 15.6. The summed E-state index contributed by atoms with van der Waals surface area (Å²) in [7, 11) is 0. The first kappa shape index (κ1) is 18.2. The van der Waals surface area contributed by atoms with Crippen LogP contribution in [0.25, 0.3) is 22.5 Å². The molecule has 1 aromatic heterocycles. The van der Waals surface area contributed by atoms with Gasteiger partial charge in [0.2, 0.25) is 11.7 Å². The van der Waals surface area contributed by atoms with E-state index < -0.39 is 0 Å². The molecule has 26 heavy (non-hydrogen) atoms. The van der Waals surface area contributed by atoms with E-state index in [1.54, 1.807) is 0 Å². The van der Waals surface area contributed by atoms with Crippen molar-refractivity contribution < 1.29 is 9.26 Å². The van der Waals surface area contributed by atoms with Crippen LogP contribution in [0.3, 0.4) is 0 Å². The summed E-state index contributed by atoms with van der Waals surface area (Å²) in [4.78, 5) is 4.37. The van der Waals surface area contributed by atoms with Gasteiger partial charge < -0.3 is 9.26 Å². The largest absolute Gasteiger partial charge is 0.494 e. The second-order valence-corrected chi connectivity index (χ2v) is 6.38. The lowest BCUT2D eigenvalue weighted by Gasteiger charge is -2.07. The molecule has 4 heteroatoms. The molecule has 0 unspecified atom stereocenters. The van der Waals surface area contributed by atoms with Crippen LogP contribution in [-0.4, -0.2) is 16.7 Å². The second kappa shape index (κ2) is 9.18. The lowest BCUT2D eigenvalue weighted by atomic mass is 10.0. The molecular weight excluding hydrogens is 324 g/mol. The Bertz CT molecular complexity index is 792. The molecular formula is C22H26N2O2. The molecule has 0 amide bonds. The lowest BCUT2D eigenvalue weighted by molar-refractivity contribution is 0.305. The number of hydrogen-bond acceptors (Lipinski definition) is 4. The van der Waals surface area contributed by atoms with E-state index in [0.29, 0.717) is 11.7 Å². The quantitative estimate of drug-likeness (QED) is 0.449. The maximum atomic E-state index is 5.81. The maximum absolute atomic E-state index is 5.81. The van der Waals surface area contributed by atoms with Crippen molar-refractivity contribution in [1.29, 1.82) is 0 Å². The zero-order valence-corrected chi connectivity index (χ0v) is 15.6. The van der Waals surface area contributed by atoms with Gasteiger partial charge in [0.1, 0.15) is 5.75 Å². The molecule has 0 aliphatic carbocycles. The van der Waals surface area contributed by atoms with Gasteiger partial charge in [0.25, 0.3) is 0 Å². The molecule has 4 nitrogen and oxygen atoms in total. The Kier molecular flexibility index (Phi) is 6.42. The summed E-state index contributed by atoms with van der Waals surface area (Å²) in [6.45, 7) is 5.01. The summed E-state index contributed by atoms with van der Waals surface area (Å²) in [5.41, 5.74) is 3.28. The van der Waals surface area contributed by atoms with E-state index in [9.17, 15) is 0 Å². The third kappa shape index (κ3) is 4.72. The van der Waals surface area contributed by atoms with E-state index in [1.165, 1.54) is 19.3 Å². The summed E-state index contributed by atoms with van der Waals surface area (Å²) in [5, 5.41) is 4.02. The van der Waals surface area contributed by atoms with E-state index in [2.05, 4.69) is 41.3 Å². The minimum atomic E-state index is 0.639. The smallest absolute Gasteiger partial charge is 0.226 e. The first-order valence-electron chi connectivity index (χ1n) is 9.46. The Morgan fingerprint density at radius 2 is 1.46 bits per heavy atom. The normalized spacial score (nSPS) is 10.8. The SMILES string of the molecule is CCCCCCOc1ccc(-c2ccc(-c3noc(CC)n3)cc2)cc1. The fourth-order valence-corrected chi connectivity index (χ4v) is 2.79. The van der Waals surface area contributed by atoms with Crippen LogP contribution < -0.4 is 4.74 Å². The number of benzene rings is 2. The zero-order chi connectivity index (χ0) is 18.2. The van der Waals surface area contributed by atoms with Crippen molar-refractivity contribution in [2.75, 3.05) is 6.61 Å². The highest BCUT2D eigenvalue weighted by atomic mass is 16.5. The number of hydrogen-bond donors (Lipinski definition) is 0. The topological polar surface area (TPSA) is 48.2 Å². The van der Waals surface area contributed by atoms with Crippen LogP contribution in [0.15, 0.2) is 53.1 Å². The summed E-state index contributed by atoms with van der Waals surface area (Å²) in [5.74, 6) is 2.23. The maximum Gasteiger partial charge on any atom is 0.226 e. The standard InChI is InChI=1S/C22H26N2O2/c1-3-5-6-7-16-25-20-14-12-18(13-15-20)17-8-10-19(11-9-17)22-23-21(4-2)26-24-22/h8-15H,3-7,16H2,1-2H3. The van der Waals surface area contributed by atoms with Gasteiger partial charge in [0.05, 0.1) is 6.61 Å². The van der Waals surface area contributed by atoms with Crippen molar-refractivity contribution >= 4 is 0 Å². The van der Waals surface area contributed by atoms with Crippen molar-refractivity contribution in [3.8, 4) is 28.3 Å². The van der Waals surface area contributed by atoms with Crippen LogP contribution in [-0.2, 0) is 6.42 Å².